The topological polar surface area (TPSA) is 63.6 Å². The number of carbonyl (C=O) groups excluding carboxylic acids is 1. The lowest BCUT2D eigenvalue weighted by atomic mass is 9.52. The van der Waals surface area contributed by atoms with Gasteiger partial charge in [0.2, 0.25) is 0 Å². The van der Waals surface area contributed by atoms with Gasteiger partial charge in [0.1, 0.15) is 6.10 Å². The van der Waals surface area contributed by atoms with Crippen molar-refractivity contribution in [1.29, 1.82) is 0 Å². The van der Waals surface area contributed by atoms with Crippen LogP contribution in [0, 0.1) is 11.8 Å². The van der Waals surface area contributed by atoms with Gasteiger partial charge < -0.3 is 9.84 Å². The molecule has 4 nitrogen and oxygen atoms in total. The summed E-state index contributed by atoms with van der Waals surface area (Å²) in [6.07, 6.45) is 3.81. The summed E-state index contributed by atoms with van der Waals surface area (Å²) in [6.45, 7) is 0. The third-order valence-corrected chi connectivity index (χ3v) is 7.67. The maximum Gasteiger partial charge on any atom is 0.310 e. The van der Waals surface area contributed by atoms with E-state index in [0.29, 0.717) is 0 Å². The van der Waals surface area contributed by atoms with Gasteiger partial charge in [-0.15, -0.1) is 0 Å². The predicted octanol–water partition coefficient (Wildman–Crippen LogP) is 6.15. The minimum Gasteiger partial charge on any atom is -0.481 e. The summed E-state index contributed by atoms with van der Waals surface area (Å²) in [5.41, 5.74) is 2.97. The van der Waals surface area contributed by atoms with Crippen molar-refractivity contribution in [2.45, 2.75) is 49.5 Å². The summed E-state index contributed by atoms with van der Waals surface area (Å²) in [7, 11) is 0. The molecule has 0 heterocycles. The van der Waals surface area contributed by atoms with Gasteiger partial charge in [0.05, 0.1) is 11.8 Å². The van der Waals surface area contributed by atoms with Gasteiger partial charge in [0.25, 0.3) is 0 Å². The molecule has 0 aromatic heterocycles. The van der Waals surface area contributed by atoms with Crippen LogP contribution >= 0.6 is 0 Å². The molecule has 174 valence electrons. The Bertz CT molecular complexity index is 1060. The Labute approximate surface area is 200 Å². The van der Waals surface area contributed by atoms with Crippen molar-refractivity contribution in [2.24, 2.45) is 11.8 Å². The molecule has 2 aliphatic carbocycles. The summed E-state index contributed by atoms with van der Waals surface area (Å²) in [5.74, 6) is -2.97. The summed E-state index contributed by atoms with van der Waals surface area (Å²) in [6, 6.07) is 29.4. The number of hydrogen-bond donors (Lipinski definition) is 1. The molecular formula is C30H30O4. The molecule has 2 saturated carbocycles. The zero-order chi connectivity index (χ0) is 23.5. The smallest absolute Gasteiger partial charge is 0.310 e. The lowest BCUT2D eigenvalue weighted by molar-refractivity contribution is -0.170. The van der Waals surface area contributed by atoms with Crippen molar-refractivity contribution < 1.29 is 19.4 Å². The van der Waals surface area contributed by atoms with E-state index in [9.17, 15) is 14.7 Å². The Morgan fingerprint density at radius 3 is 1.62 bits per heavy atom. The van der Waals surface area contributed by atoms with Crippen molar-refractivity contribution in [3.8, 4) is 0 Å². The van der Waals surface area contributed by atoms with E-state index in [1.165, 1.54) is 5.56 Å². The van der Waals surface area contributed by atoms with Crippen LogP contribution < -0.4 is 0 Å². The monoisotopic (exact) mass is 454 g/mol. The van der Waals surface area contributed by atoms with Gasteiger partial charge in [-0.2, -0.15) is 0 Å². The highest BCUT2D eigenvalue weighted by atomic mass is 16.5. The predicted molar refractivity (Wildman–Crippen MR) is 131 cm³/mol. The van der Waals surface area contributed by atoms with E-state index in [1.807, 2.05) is 78.9 Å². The number of ether oxygens (including phenoxy) is 1. The van der Waals surface area contributed by atoms with Gasteiger partial charge in [-0.25, -0.2) is 0 Å². The van der Waals surface area contributed by atoms with Crippen LogP contribution in [-0.4, -0.2) is 23.1 Å². The molecule has 0 amide bonds. The van der Waals surface area contributed by atoms with Crippen molar-refractivity contribution in [3.63, 3.8) is 0 Å². The third kappa shape index (κ3) is 4.25. The number of hydrogen-bond acceptors (Lipinski definition) is 3. The molecule has 0 spiro atoms. The molecule has 2 unspecified atom stereocenters. The van der Waals surface area contributed by atoms with Crippen molar-refractivity contribution >= 4 is 11.9 Å². The second-order valence-electron chi connectivity index (χ2n) is 9.54. The van der Waals surface area contributed by atoms with Crippen LogP contribution in [0.25, 0.3) is 0 Å². The van der Waals surface area contributed by atoms with E-state index >= 15 is 0 Å². The van der Waals surface area contributed by atoms with E-state index in [1.54, 1.807) is 0 Å². The average molecular weight is 455 g/mol. The number of carboxylic acid groups (broad SMARTS) is 1. The van der Waals surface area contributed by atoms with Gasteiger partial charge in [-0.05, 0) is 36.0 Å². The lowest BCUT2D eigenvalue weighted by Crippen LogP contribution is -2.52. The fourth-order valence-corrected chi connectivity index (χ4v) is 6.08. The first-order valence-electron chi connectivity index (χ1n) is 12.2. The van der Waals surface area contributed by atoms with Crippen LogP contribution in [0.15, 0.2) is 91.0 Å². The van der Waals surface area contributed by atoms with E-state index in [4.69, 9.17) is 4.74 Å². The first-order valence-corrected chi connectivity index (χ1v) is 12.2. The minimum atomic E-state index is -0.869. The standard InChI is InChI=1S/C30H30O4/c31-29(32)27-25(21-14-6-2-7-15-21)28(26(27)22-16-8-3-9-17-22)30(33)34-24-19-11-10-18-23(24)20-12-4-1-5-13-20/h1-9,12-17,23-28H,10-11,18-19H2,(H,31,32)/t23?,24?,25-,26-,27?,28?/m0/s1. The molecule has 4 atom stereocenters. The quantitative estimate of drug-likeness (QED) is 0.454. The molecule has 3 aromatic carbocycles. The van der Waals surface area contributed by atoms with Gasteiger partial charge in [-0.1, -0.05) is 97.4 Å². The van der Waals surface area contributed by atoms with E-state index in [-0.39, 0.29) is 18.0 Å². The van der Waals surface area contributed by atoms with Crippen LogP contribution in [0.3, 0.4) is 0 Å². The third-order valence-electron chi connectivity index (χ3n) is 7.67. The molecule has 2 aliphatic rings. The Kier molecular flexibility index (Phi) is 6.48. The largest absolute Gasteiger partial charge is 0.481 e. The summed E-state index contributed by atoms with van der Waals surface area (Å²) >= 11 is 0. The Balaban J connectivity index is 1.46. The number of aliphatic carboxylic acids is 1. The number of benzene rings is 3. The number of esters is 1. The molecule has 0 aliphatic heterocycles. The van der Waals surface area contributed by atoms with Crippen molar-refractivity contribution in [2.75, 3.05) is 0 Å². The first-order chi connectivity index (χ1) is 16.6. The second kappa shape index (κ2) is 9.84. The van der Waals surface area contributed by atoms with Gasteiger partial charge in [0.15, 0.2) is 0 Å². The van der Waals surface area contributed by atoms with Crippen molar-refractivity contribution in [3.05, 3.63) is 108 Å². The van der Waals surface area contributed by atoms with E-state index in [0.717, 1.165) is 36.8 Å². The number of carboxylic acids is 1. The zero-order valence-corrected chi connectivity index (χ0v) is 19.1. The molecule has 0 radical (unpaired) electrons. The highest BCUT2D eigenvalue weighted by molar-refractivity contribution is 5.84. The summed E-state index contributed by atoms with van der Waals surface area (Å²) in [4.78, 5) is 26.2. The zero-order valence-electron chi connectivity index (χ0n) is 19.1. The highest BCUT2D eigenvalue weighted by Crippen LogP contribution is 2.58. The lowest BCUT2D eigenvalue weighted by Gasteiger charge is -2.49. The molecule has 0 bridgehead atoms. The van der Waals surface area contributed by atoms with Gasteiger partial charge in [0, 0.05) is 17.8 Å². The van der Waals surface area contributed by atoms with Gasteiger partial charge >= 0.3 is 11.9 Å². The SMILES string of the molecule is O=C(O)C1[C@H](c2ccccc2)C(C(=O)OC2CCCCC2c2ccccc2)[C@H]1c1ccccc1. The second-order valence-corrected chi connectivity index (χ2v) is 9.54. The average Bonchev–Trinajstić information content (AvgIpc) is 2.85. The Hall–Kier alpha value is -3.40. The Morgan fingerprint density at radius 2 is 1.12 bits per heavy atom. The van der Waals surface area contributed by atoms with Crippen molar-refractivity contribution in [1.82, 2.24) is 0 Å². The van der Waals surface area contributed by atoms with E-state index < -0.39 is 29.6 Å². The molecule has 0 saturated heterocycles. The maximum absolute atomic E-state index is 13.8. The summed E-state index contributed by atoms with van der Waals surface area (Å²) in [5, 5.41) is 10.2. The fourth-order valence-electron chi connectivity index (χ4n) is 6.08. The van der Waals surface area contributed by atoms with Crippen LogP contribution in [0.1, 0.15) is 60.1 Å². The maximum atomic E-state index is 13.8. The number of carbonyl (C=O) groups is 2. The molecule has 1 N–H and O–H groups in total. The Morgan fingerprint density at radius 1 is 0.647 bits per heavy atom. The number of rotatable bonds is 6. The highest BCUT2D eigenvalue weighted by Gasteiger charge is 2.59. The van der Waals surface area contributed by atoms with Gasteiger partial charge in [-0.3, -0.25) is 9.59 Å². The van der Waals surface area contributed by atoms with E-state index in [2.05, 4.69) is 12.1 Å². The fraction of sp³-hybridized carbons (Fsp3) is 0.333. The molecule has 34 heavy (non-hydrogen) atoms. The summed E-state index contributed by atoms with van der Waals surface area (Å²) < 4.78 is 6.26. The van der Waals surface area contributed by atoms with Crippen LogP contribution in [-0.2, 0) is 14.3 Å². The van der Waals surface area contributed by atoms with Crippen LogP contribution in [0.5, 0.6) is 0 Å². The molecular weight excluding hydrogens is 424 g/mol. The molecule has 2 fully saturated rings. The molecule has 5 rings (SSSR count). The van der Waals surface area contributed by atoms with Crippen LogP contribution in [0.2, 0.25) is 0 Å². The molecule has 4 heteroatoms. The van der Waals surface area contributed by atoms with Crippen LogP contribution in [0.4, 0.5) is 0 Å². The normalized spacial score (nSPS) is 28.5. The minimum absolute atomic E-state index is 0.180. The first kappa shape index (κ1) is 22.4. The molecule has 3 aromatic rings.